The van der Waals surface area contributed by atoms with Crippen LogP contribution in [0.15, 0.2) is 0 Å². The molecule has 24 nitrogen and oxygen atoms in total. The molecule has 1 unspecified atom stereocenters. The normalized spacial score (nSPS) is 45.7. The van der Waals surface area contributed by atoms with Gasteiger partial charge in [0.25, 0.3) is 0 Å². The molecule has 0 aromatic heterocycles. The van der Waals surface area contributed by atoms with Crippen molar-refractivity contribution in [3.63, 3.8) is 0 Å². The van der Waals surface area contributed by atoms with E-state index in [4.69, 9.17) is 33.2 Å². The Hall–Kier alpha value is -2.31. The summed E-state index contributed by atoms with van der Waals surface area (Å²) in [6, 6.07) is -4.65. The van der Waals surface area contributed by atoms with Crippen LogP contribution in [-0.4, -0.2) is 223 Å². The first kappa shape index (κ1) is 44.4. The van der Waals surface area contributed by atoms with Crippen LogP contribution >= 0.6 is 0 Å². The van der Waals surface area contributed by atoms with E-state index in [-0.39, 0.29) is 0 Å². The van der Waals surface area contributed by atoms with Crippen molar-refractivity contribution in [1.29, 1.82) is 0 Å². The van der Waals surface area contributed by atoms with Crippen molar-refractivity contribution in [2.75, 3.05) is 26.4 Å². The summed E-state index contributed by atoms with van der Waals surface area (Å²) < 4.78 is 39.8. The van der Waals surface area contributed by atoms with Gasteiger partial charge in [0.05, 0.1) is 26.4 Å². The average Bonchev–Trinajstić information content (AvgIpc) is 3.11. The number of hydrogen-bond acceptors (Lipinski definition) is 21. The van der Waals surface area contributed by atoms with E-state index >= 15 is 0 Å². The van der Waals surface area contributed by atoms with Gasteiger partial charge in [-0.15, -0.1) is 0 Å². The highest BCUT2D eigenvalue weighted by Crippen LogP contribution is 2.34. The molecule has 14 N–H and O–H groups in total. The molecule has 24 heteroatoms. The van der Waals surface area contributed by atoms with Crippen molar-refractivity contribution in [2.24, 2.45) is 0 Å². The highest BCUT2D eigenvalue weighted by Gasteiger charge is 2.56. The van der Waals surface area contributed by atoms with E-state index < -0.39 is 167 Å². The van der Waals surface area contributed by atoms with Crippen LogP contribution in [-0.2, 0) is 47.5 Å². The van der Waals surface area contributed by atoms with Crippen LogP contribution in [0, 0.1) is 0 Å². The van der Waals surface area contributed by atoms with Gasteiger partial charge in [-0.05, 0) is 0 Å². The molecule has 0 aromatic carbocycles. The average molecular weight is 790 g/mol. The number of carbonyl (C=O) groups is 3. The molecule has 0 bridgehead atoms. The molecular formula is C30H51N3O21. The van der Waals surface area contributed by atoms with Gasteiger partial charge in [-0.1, -0.05) is 0 Å². The second-order valence-corrected chi connectivity index (χ2v) is 13.3. The molecule has 0 spiro atoms. The molecule has 20 atom stereocenters. The third-order valence-corrected chi connectivity index (χ3v) is 9.41. The number of aliphatic hydroxyl groups is 11. The minimum atomic E-state index is -2.08. The quantitative estimate of drug-likeness (QED) is 0.0823. The van der Waals surface area contributed by atoms with Gasteiger partial charge in [-0.3, -0.25) is 14.4 Å². The highest BCUT2D eigenvalue weighted by atomic mass is 16.7. The van der Waals surface area contributed by atoms with Crippen molar-refractivity contribution >= 4 is 17.7 Å². The van der Waals surface area contributed by atoms with Crippen LogP contribution in [0.1, 0.15) is 20.8 Å². The topological polar surface area (TPSA) is 374 Å². The Morgan fingerprint density at radius 2 is 0.796 bits per heavy atom. The fourth-order valence-corrected chi connectivity index (χ4v) is 6.75. The maximum absolute atomic E-state index is 12.5. The highest BCUT2D eigenvalue weighted by molar-refractivity contribution is 5.74. The van der Waals surface area contributed by atoms with E-state index in [1.54, 1.807) is 0 Å². The summed E-state index contributed by atoms with van der Waals surface area (Å²) in [6.45, 7) is -0.253. The van der Waals surface area contributed by atoms with Crippen molar-refractivity contribution in [2.45, 2.75) is 143 Å². The molecule has 0 aliphatic carbocycles. The molecule has 4 heterocycles. The lowest BCUT2D eigenvalue weighted by Gasteiger charge is -2.50. The summed E-state index contributed by atoms with van der Waals surface area (Å²) >= 11 is 0. The molecule has 312 valence electrons. The first-order valence-corrected chi connectivity index (χ1v) is 17.1. The first-order chi connectivity index (χ1) is 25.5. The second kappa shape index (κ2) is 19.2. The lowest BCUT2D eigenvalue weighted by Crippen LogP contribution is -2.71. The van der Waals surface area contributed by atoms with Crippen molar-refractivity contribution in [3.8, 4) is 0 Å². The molecule has 4 rings (SSSR count). The summed E-state index contributed by atoms with van der Waals surface area (Å²) in [4.78, 5) is 36.4. The van der Waals surface area contributed by atoms with E-state index in [2.05, 4.69) is 16.0 Å². The van der Waals surface area contributed by atoms with Crippen LogP contribution in [0.25, 0.3) is 0 Å². The van der Waals surface area contributed by atoms with E-state index in [0.29, 0.717) is 0 Å². The van der Waals surface area contributed by atoms with Crippen LogP contribution < -0.4 is 16.0 Å². The monoisotopic (exact) mass is 789 g/mol. The number of rotatable bonds is 13. The molecule has 0 saturated carbocycles. The van der Waals surface area contributed by atoms with Gasteiger partial charge >= 0.3 is 0 Å². The summed E-state index contributed by atoms with van der Waals surface area (Å²) in [5, 5.41) is 123. The Kier molecular flexibility index (Phi) is 15.8. The van der Waals surface area contributed by atoms with Gasteiger partial charge < -0.3 is 105 Å². The fourth-order valence-electron chi connectivity index (χ4n) is 6.75. The van der Waals surface area contributed by atoms with Gasteiger partial charge in [0, 0.05) is 20.8 Å². The third kappa shape index (κ3) is 9.79. The zero-order chi connectivity index (χ0) is 40.2. The molecule has 4 saturated heterocycles. The predicted molar refractivity (Wildman–Crippen MR) is 169 cm³/mol. The molecule has 0 aromatic rings. The number of amides is 3. The van der Waals surface area contributed by atoms with Crippen molar-refractivity contribution < 1.29 is 104 Å². The van der Waals surface area contributed by atoms with Gasteiger partial charge in [0.1, 0.15) is 97.5 Å². The summed E-state index contributed by atoms with van der Waals surface area (Å²) in [5.74, 6) is -2.18. The van der Waals surface area contributed by atoms with Gasteiger partial charge in [-0.25, -0.2) is 0 Å². The molecular weight excluding hydrogens is 738 g/mol. The molecule has 4 aliphatic heterocycles. The van der Waals surface area contributed by atoms with Gasteiger partial charge in [0.2, 0.25) is 17.7 Å². The summed E-state index contributed by atoms with van der Waals surface area (Å²) in [5.41, 5.74) is 0. The molecule has 0 radical (unpaired) electrons. The lowest BCUT2D eigenvalue weighted by atomic mass is 9.93. The zero-order valence-electron chi connectivity index (χ0n) is 29.4. The lowest BCUT2D eigenvalue weighted by molar-refractivity contribution is -0.371. The Balaban J connectivity index is 1.66. The van der Waals surface area contributed by atoms with Crippen LogP contribution in [0.2, 0.25) is 0 Å². The number of nitrogens with one attached hydrogen (secondary N) is 3. The van der Waals surface area contributed by atoms with Crippen molar-refractivity contribution in [1.82, 2.24) is 16.0 Å². The van der Waals surface area contributed by atoms with Gasteiger partial charge in [-0.2, -0.15) is 0 Å². The minimum Gasteiger partial charge on any atom is -0.394 e. The fraction of sp³-hybridized carbons (Fsp3) is 0.900. The Bertz CT molecular complexity index is 1250. The third-order valence-electron chi connectivity index (χ3n) is 9.41. The molecule has 4 fully saturated rings. The van der Waals surface area contributed by atoms with Crippen LogP contribution in [0.4, 0.5) is 0 Å². The standard InChI is InChI=1S/C30H51N3O21/c1-8(38)31-15-22(45)18(41)11(4-34)49-28(15)54-26-21(44)14(7-37)51-30(23(26)46)53-25-17(33-10(3)40)29(50-13(6-36)20(25)43)52-24-16(32-9(2)39)27(47)48-12(5-35)19(24)42/h11-30,34-37,41-47H,4-7H2,1-3H3,(H,31,38)(H,32,39)(H,33,40)/t11-,12-,13-,14-,15-,16-,17-,18-,19+,20-,21+,22-,23-,24-,25-,26+,27?,28+,29+,30+/m1/s1. The number of aliphatic hydroxyl groups excluding tert-OH is 11. The van der Waals surface area contributed by atoms with E-state index in [9.17, 15) is 70.6 Å². The molecule has 54 heavy (non-hydrogen) atoms. The predicted octanol–water partition coefficient (Wildman–Crippen LogP) is -9.32. The van der Waals surface area contributed by atoms with Crippen LogP contribution in [0.3, 0.4) is 0 Å². The number of ether oxygens (including phenoxy) is 7. The number of hydrogen-bond donors (Lipinski definition) is 14. The second-order valence-electron chi connectivity index (χ2n) is 13.3. The Morgan fingerprint density at radius 3 is 1.30 bits per heavy atom. The SMILES string of the molecule is CC(=O)N[C@H]1[C@H](O[C@H]2[C@@H](O)[C@@H](CO)O[C@@H](O[C@H]3[C@H](O)[C@@H](CO)O[C@@H](O[C@H]4[C@@H](O)[C@@H](CO)OC(O)[C@@H]4NC(C)=O)[C@@H]3NC(C)=O)[C@@H]2O)O[C@H](CO)[C@@H](O)[C@@H]1O. The van der Waals surface area contributed by atoms with E-state index in [1.165, 1.54) is 0 Å². The smallest absolute Gasteiger partial charge is 0.217 e. The first-order valence-electron chi connectivity index (χ1n) is 17.1. The van der Waals surface area contributed by atoms with Crippen LogP contribution in [0.5, 0.6) is 0 Å². The molecule has 3 amide bonds. The van der Waals surface area contributed by atoms with Gasteiger partial charge in [0.15, 0.2) is 25.2 Å². The minimum absolute atomic E-state index is 0.695. The molecule has 4 aliphatic rings. The largest absolute Gasteiger partial charge is 0.394 e. The summed E-state index contributed by atoms with van der Waals surface area (Å²) in [6.07, 6.45) is -29.8. The Morgan fingerprint density at radius 1 is 0.444 bits per heavy atom. The maximum Gasteiger partial charge on any atom is 0.217 e. The number of carbonyl (C=O) groups excluding carboxylic acids is 3. The van der Waals surface area contributed by atoms with Crippen molar-refractivity contribution in [3.05, 3.63) is 0 Å². The summed E-state index contributed by atoms with van der Waals surface area (Å²) in [7, 11) is 0. The zero-order valence-corrected chi connectivity index (χ0v) is 29.4. The maximum atomic E-state index is 12.5. The van der Waals surface area contributed by atoms with E-state index in [0.717, 1.165) is 20.8 Å². The van der Waals surface area contributed by atoms with E-state index in [1.807, 2.05) is 0 Å². The Labute approximate surface area is 307 Å².